The number of likely N-dealkylation sites (tertiary alicyclic amines) is 1. The van der Waals surface area contributed by atoms with E-state index in [-0.39, 0.29) is 5.91 Å². The Morgan fingerprint density at radius 2 is 1.47 bits per heavy atom. The van der Waals surface area contributed by atoms with Gasteiger partial charge in [-0.3, -0.25) is 9.78 Å². The summed E-state index contributed by atoms with van der Waals surface area (Å²) in [6.45, 7) is 4.12. The Hall–Kier alpha value is -4.32. The van der Waals surface area contributed by atoms with Crippen LogP contribution in [-0.2, 0) is 30.4 Å². The van der Waals surface area contributed by atoms with Crippen LogP contribution >= 0.6 is 0 Å². The van der Waals surface area contributed by atoms with E-state index < -0.39 is 23.9 Å². The lowest BCUT2D eigenvalue weighted by atomic mass is 10.0. The Morgan fingerprint density at radius 3 is 2.05 bits per heavy atom. The normalized spacial score (nSPS) is 16.9. The number of carboxylic acids is 4. The van der Waals surface area contributed by atoms with Crippen LogP contribution in [0.15, 0.2) is 48.7 Å². The predicted molar refractivity (Wildman–Crippen MR) is 135 cm³/mol. The lowest BCUT2D eigenvalue weighted by Crippen LogP contribution is -2.36. The maximum Gasteiger partial charge on any atom is 0.414 e. The SMILES string of the molecule is O=C(O)C(=O)O.O=C(O)C(=O)O.O=C1CCCCN1c1ccccc1CCN1CCC(c2ccccn2)C1. The van der Waals surface area contributed by atoms with Gasteiger partial charge in [0.25, 0.3) is 0 Å². The topological polar surface area (TPSA) is 186 Å². The molecule has 4 rings (SSSR count). The number of anilines is 1. The molecule has 0 spiro atoms. The van der Waals surface area contributed by atoms with Crippen molar-refractivity contribution in [3.63, 3.8) is 0 Å². The second-order valence-electron chi connectivity index (χ2n) is 8.64. The van der Waals surface area contributed by atoms with E-state index in [2.05, 4.69) is 40.2 Å². The predicted octanol–water partition coefficient (Wildman–Crippen LogP) is 1.94. The van der Waals surface area contributed by atoms with Crippen molar-refractivity contribution in [3.8, 4) is 0 Å². The molecule has 0 saturated carbocycles. The largest absolute Gasteiger partial charge is 0.473 e. The van der Waals surface area contributed by atoms with Crippen molar-refractivity contribution in [2.75, 3.05) is 31.1 Å². The van der Waals surface area contributed by atoms with Crippen molar-refractivity contribution in [3.05, 3.63) is 59.9 Å². The molecule has 204 valence electrons. The molecule has 12 heteroatoms. The molecular formula is C26H31N3O9. The van der Waals surface area contributed by atoms with Gasteiger partial charge in [-0.1, -0.05) is 24.3 Å². The van der Waals surface area contributed by atoms with Gasteiger partial charge in [0.15, 0.2) is 0 Å². The van der Waals surface area contributed by atoms with Crippen LogP contribution in [0.4, 0.5) is 5.69 Å². The minimum atomic E-state index is -1.82. The molecule has 38 heavy (non-hydrogen) atoms. The molecule has 12 nitrogen and oxygen atoms in total. The fourth-order valence-electron chi connectivity index (χ4n) is 4.22. The fraction of sp³-hybridized carbons (Fsp3) is 0.385. The van der Waals surface area contributed by atoms with Crippen LogP contribution in [-0.4, -0.2) is 86.3 Å². The third-order valence-corrected chi connectivity index (χ3v) is 6.05. The van der Waals surface area contributed by atoms with Gasteiger partial charge in [-0.2, -0.15) is 0 Å². The molecule has 1 aromatic heterocycles. The lowest BCUT2D eigenvalue weighted by Gasteiger charge is -2.29. The highest BCUT2D eigenvalue weighted by Gasteiger charge is 2.25. The van der Waals surface area contributed by atoms with E-state index in [1.54, 1.807) is 0 Å². The highest BCUT2D eigenvalue weighted by molar-refractivity contribution is 6.27. The molecule has 2 saturated heterocycles. The maximum atomic E-state index is 12.3. The summed E-state index contributed by atoms with van der Waals surface area (Å²) in [5.41, 5.74) is 3.64. The van der Waals surface area contributed by atoms with E-state index in [9.17, 15) is 4.79 Å². The van der Waals surface area contributed by atoms with Crippen molar-refractivity contribution >= 4 is 35.5 Å². The van der Waals surface area contributed by atoms with Crippen molar-refractivity contribution in [1.82, 2.24) is 9.88 Å². The van der Waals surface area contributed by atoms with E-state index in [1.165, 1.54) is 17.7 Å². The zero-order valence-electron chi connectivity index (χ0n) is 20.7. The number of carbonyl (C=O) groups is 5. The number of aromatic nitrogens is 1. The fourth-order valence-corrected chi connectivity index (χ4v) is 4.22. The smallest absolute Gasteiger partial charge is 0.414 e. The second kappa shape index (κ2) is 15.1. The Kier molecular flexibility index (Phi) is 11.8. The van der Waals surface area contributed by atoms with Gasteiger partial charge in [0.2, 0.25) is 5.91 Å². The van der Waals surface area contributed by atoms with E-state index >= 15 is 0 Å². The minimum absolute atomic E-state index is 0.278. The quantitative estimate of drug-likeness (QED) is 0.415. The first-order valence-electron chi connectivity index (χ1n) is 12.0. The van der Waals surface area contributed by atoms with E-state index in [1.807, 2.05) is 23.2 Å². The first-order valence-corrected chi connectivity index (χ1v) is 12.0. The highest BCUT2D eigenvalue weighted by Crippen LogP contribution is 2.28. The van der Waals surface area contributed by atoms with Crippen LogP contribution < -0.4 is 4.90 Å². The lowest BCUT2D eigenvalue weighted by molar-refractivity contribution is -0.159. The number of carbonyl (C=O) groups excluding carboxylic acids is 1. The molecule has 2 aliphatic rings. The van der Waals surface area contributed by atoms with Crippen molar-refractivity contribution in [1.29, 1.82) is 0 Å². The summed E-state index contributed by atoms with van der Waals surface area (Å²) in [7, 11) is 0. The molecule has 1 atom stereocenters. The molecule has 2 fully saturated rings. The Morgan fingerprint density at radius 1 is 0.842 bits per heavy atom. The molecule has 0 bridgehead atoms. The number of para-hydroxylation sites is 1. The summed E-state index contributed by atoms with van der Waals surface area (Å²) in [6.07, 6.45) is 6.90. The van der Waals surface area contributed by atoms with Crippen LogP contribution in [0.5, 0.6) is 0 Å². The summed E-state index contributed by atoms with van der Waals surface area (Å²) < 4.78 is 0. The monoisotopic (exact) mass is 529 g/mol. The first-order chi connectivity index (χ1) is 18.1. The number of nitrogens with zero attached hydrogens (tertiary/aromatic N) is 3. The van der Waals surface area contributed by atoms with Crippen molar-refractivity contribution < 1.29 is 44.4 Å². The summed E-state index contributed by atoms with van der Waals surface area (Å²) in [4.78, 5) is 57.8. The van der Waals surface area contributed by atoms with Gasteiger partial charge in [0.1, 0.15) is 0 Å². The summed E-state index contributed by atoms with van der Waals surface area (Å²) in [5, 5.41) is 29.6. The number of hydrogen-bond acceptors (Lipinski definition) is 7. The number of rotatable bonds is 5. The summed E-state index contributed by atoms with van der Waals surface area (Å²) in [5.74, 6) is -6.47. The molecule has 0 radical (unpaired) electrons. The third kappa shape index (κ3) is 9.62. The molecule has 1 amide bonds. The molecular weight excluding hydrogens is 498 g/mol. The van der Waals surface area contributed by atoms with E-state index in [0.29, 0.717) is 12.3 Å². The zero-order valence-corrected chi connectivity index (χ0v) is 20.7. The standard InChI is InChI=1S/C22H27N3O.2C2H2O4/c26-22-10-4-6-14-25(22)21-9-2-1-7-18(21)11-15-24-16-12-19(17-24)20-8-3-5-13-23-20;2*3-1(4)2(5)6/h1-3,5,7-9,13,19H,4,6,10-12,14-17H2;2*(H,3,4)(H,5,6). The van der Waals surface area contributed by atoms with Crippen LogP contribution in [0.3, 0.4) is 0 Å². The molecule has 2 aliphatic heterocycles. The second-order valence-corrected chi connectivity index (χ2v) is 8.64. The summed E-state index contributed by atoms with van der Waals surface area (Å²) in [6, 6.07) is 14.6. The molecule has 2 aromatic rings. The Bertz CT molecular complexity index is 1080. The number of benzene rings is 1. The van der Waals surface area contributed by atoms with Gasteiger partial charge >= 0.3 is 23.9 Å². The third-order valence-electron chi connectivity index (χ3n) is 6.05. The van der Waals surface area contributed by atoms with Crippen LogP contribution in [0.25, 0.3) is 0 Å². The molecule has 3 heterocycles. The van der Waals surface area contributed by atoms with Crippen LogP contribution in [0, 0.1) is 0 Å². The van der Waals surface area contributed by atoms with Gasteiger partial charge in [0.05, 0.1) is 0 Å². The number of hydrogen-bond donors (Lipinski definition) is 4. The average molecular weight is 530 g/mol. The highest BCUT2D eigenvalue weighted by atomic mass is 16.4. The van der Waals surface area contributed by atoms with Gasteiger partial charge in [0, 0.05) is 49.6 Å². The van der Waals surface area contributed by atoms with Gasteiger partial charge in [-0.05, 0) is 56.0 Å². The Balaban J connectivity index is 0.000000355. The molecule has 1 aromatic carbocycles. The van der Waals surface area contributed by atoms with Gasteiger partial charge in [-0.15, -0.1) is 0 Å². The number of piperidine rings is 1. The van der Waals surface area contributed by atoms with Gasteiger partial charge < -0.3 is 30.2 Å². The first kappa shape index (κ1) is 29.9. The van der Waals surface area contributed by atoms with Crippen LogP contribution in [0.2, 0.25) is 0 Å². The number of amides is 1. The minimum Gasteiger partial charge on any atom is -0.473 e. The average Bonchev–Trinajstić information content (AvgIpc) is 3.38. The number of carboxylic acid groups (broad SMARTS) is 4. The van der Waals surface area contributed by atoms with E-state index in [4.69, 9.17) is 39.6 Å². The molecule has 4 N–H and O–H groups in total. The van der Waals surface area contributed by atoms with E-state index in [0.717, 1.165) is 51.1 Å². The Labute approximate surface area is 219 Å². The van der Waals surface area contributed by atoms with Crippen molar-refractivity contribution in [2.24, 2.45) is 0 Å². The number of pyridine rings is 1. The van der Waals surface area contributed by atoms with Crippen molar-refractivity contribution in [2.45, 2.75) is 38.0 Å². The molecule has 1 unspecified atom stereocenters. The van der Waals surface area contributed by atoms with Gasteiger partial charge in [-0.25, -0.2) is 19.2 Å². The summed E-state index contributed by atoms with van der Waals surface area (Å²) >= 11 is 0. The molecule has 0 aliphatic carbocycles. The van der Waals surface area contributed by atoms with Crippen LogP contribution in [0.1, 0.15) is 42.9 Å². The maximum absolute atomic E-state index is 12.3. The zero-order chi connectivity index (χ0) is 28.1. The number of aliphatic carboxylic acids is 4.